The van der Waals surface area contributed by atoms with Gasteiger partial charge in [-0.25, -0.2) is 4.79 Å². The molecule has 2 aliphatic carbocycles. The number of hydrogen-bond acceptors (Lipinski definition) is 3. The number of rotatable bonds is 3. The lowest BCUT2D eigenvalue weighted by molar-refractivity contribution is -0.132. The predicted octanol–water partition coefficient (Wildman–Crippen LogP) is 2.31. The Kier molecular flexibility index (Phi) is 5.72. The molecular weight excluding hydrogens is 310 g/mol. The summed E-state index contributed by atoms with van der Waals surface area (Å²) in [6.07, 6.45) is 9.83. The van der Waals surface area contributed by atoms with Crippen LogP contribution in [0.2, 0.25) is 0 Å². The molecular formula is C17H29N3O2S. The third-order valence-corrected chi connectivity index (χ3v) is 6.40. The zero-order chi connectivity index (χ0) is 16.2. The molecule has 1 saturated heterocycles. The quantitative estimate of drug-likeness (QED) is 0.858. The van der Waals surface area contributed by atoms with Gasteiger partial charge in [-0.3, -0.25) is 4.79 Å². The van der Waals surface area contributed by atoms with Gasteiger partial charge < -0.3 is 15.1 Å². The van der Waals surface area contributed by atoms with Crippen LogP contribution in [0.15, 0.2) is 0 Å². The van der Waals surface area contributed by atoms with Gasteiger partial charge in [0, 0.05) is 43.4 Å². The fraction of sp³-hybridized carbons (Fsp3) is 0.882. The van der Waals surface area contributed by atoms with E-state index < -0.39 is 0 Å². The smallest absolute Gasteiger partial charge is 0.317 e. The van der Waals surface area contributed by atoms with E-state index in [0.29, 0.717) is 30.3 Å². The largest absolute Gasteiger partial charge is 0.341 e. The lowest BCUT2D eigenvalue weighted by Gasteiger charge is -2.31. The summed E-state index contributed by atoms with van der Waals surface area (Å²) in [6, 6.07) is 0.388. The van der Waals surface area contributed by atoms with Crippen molar-refractivity contribution >= 4 is 23.7 Å². The monoisotopic (exact) mass is 339 g/mol. The molecule has 1 heterocycles. The Morgan fingerprint density at radius 3 is 2.43 bits per heavy atom. The van der Waals surface area contributed by atoms with Crippen LogP contribution in [-0.4, -0.2) is 65.5 Å². The van der Waals surface area contributed by atoms with E-state index in [9.17, 15) is 9.59 Å². The Bertz CT molecular complexity index is 442. The lowest BCUT2D eigenvalue weighted by atomic mass is 9.95. The molecule has 1 aliphatic heterocycles. The minimum Gasteiger partial charge on any atom is -0.341 e. The van der Waals surface area contributed by atoms with Crippen molar-refractivity contribution in [2.45, 2.75) is 56.2 Å². The summed E-state index contributed by atoms with van der Waals surface area (Å²) in [5, 5.41) is 3.92. The zero-order valence-electron chi connectivity index (χ0n) is 14.1. The third kappa shape index (κ3) is 4.55. The second-order valence-electron chi connectivity index (χ2n) is 7.11. The van der Waals surface area contributed by atoms with Crippen molar-refractivity contribution in [2.24, 2.45) is 5.92 Å². The first kappa shape index (κ1) is 16.9. The summed E-state index contributed by atoms with van der Waals surface area (Å²) in [6.45, 7) is 2.93. The molecule has 2 saturated carbocycles. The zero-order valence-corrected chi connectivity index (χ0v) is 14.9. The van der Waals surface area contributed by atoms with Crippen LogP contribution in [0, 0.1) is 5.92 Å². The average molecular weight is 340 g/mol. The minimum absolute atomic E-state index is 0.0671. The number of urea groups is 1. The number of nitrogens with zero attached hydrogens (tertiary/aromatic N) is 2. The van der Waals surface area contributed by atoms with Gasteiger partial charge in [0.25, 0.3) is 0 Å². The standard InChI is InChI=1S/C17H29N3O2S/c1-23-15-5-2-4-14(12-15)18-17(22)20-9-3-8-19(10-11-20)16(21)13-6-7-13/h13-15H,2-12H2,1H3,(H,18,22). The van der Waals surface area contributed by atoms with Gasteiger partial charge in [-0.15, -0.1) is 0 Å². The van der Waals surface area contributed by atoms with Gasteiger partial charge in [-0.1, -0.05) is 6.42 Å². The Morgan fingerprint density at radius 2 is 1.70 bits per heavy atom. The van der Waals surface area contributed by atoms with Gasteiger partial charge in [0.15, 0.2) is 0 Å². The number of thioether (sulfide) groups is 1. The van der Waals surface area contributed by atoms with Gasteiger partial charge in [0.05, 0.1) is 0 Å². The van der Waals surface area contributed by atoms with E-state index in [4.69, 9.17) is 0 Å². The molecule has 0 bridgehead atoms. The number of carbonyl (C=O) groups is 2. The molecule has 6 heteroatoms. The number of carbonyl (C=O) groups excluding carboxylic acids is 2. The number of nitrogens with one attached hydrogen (secondary N) is 1. The fourth-order valence-electron chi connectivity index (χ4n) is 3.69. The highest BCUT2D eigenvalue weighted by Crippen LogP contribution is 2.31. The third-order valence-electron chi connectivity index (χ3n) is 5.31. The summed E-state index contributed by atoms with van der Waals surface area (Å²) in [4.78, 5) is 28.6. The first-order chi connectivity index (χ1) is 11.2. The summed E-state index contributed by atoms with van der Waals surface area (Å²) >= 11 is 1.92. The molecule has 0 spiro atoms. The fourth-order valence-corrected chi connectivity index (χ4v) is 4.51. The lowest BCUT2D eigenvalue weighted by Crippen LogP contribution is -2.48. The van der Waals surface area contributed by atoms with E-state index >= 15 is 0 Å². The van der Waals surface area contributed by atoms with Crippen molar-refractivity contribution in [3.8, 4) is 0 Å². The van der Waals surface area contributed by atoms with Gasteiger partial charge in [-0.05, 0) is 44.8 Å². The molecule has 3 amide bonds. The SMILES string of the molecule is CSC1CCCC(NC(=O)N2CCCN(C(=O)C3CC3)CC2)C1. The van der Waals surface area contributed by atoms with Crippen LogP contribution in [0.4, 0.5) is 4.79 Å². The maximum atomic E-state index is 12.5. The Morgan fingerprint density at radius 1 is 0.957 bits per heavy atom. The molecule has 0 aromatic heterocycles. The maximum absolute atomic E-state index is 12.5. The van der Waals surface area contributed by atoms with E-state index in [1.165, 1.54) is 12.8 Å². The van der Waals surface area contributed by atoms with E-state index in [-0.39, 0.29) is 11.9 Å². The highest BCUT2D eigenvalue weighted by Gasteiger charge is 2.34. The minimum atomic E-state index is 0.0671. The van der Waals surface area contributed by atoms with Gasteiger partial charge >= 0.3 is 6.03 Å². The van der Waals surface area contributed by atoms with E-state index in [1.54, 1.807) is 0 Å². The average Bonchev–Trinajstić information content (AvgIpc) is 3.40. The van der Waals surface area contributed by atoms with Gasteiger partial charge in [-0.2, -0.15) is 11.8 Å². The normalized spacial score (nSPS) is 29.1. The van der Waals surface area contributed by atoms with Crippen molar-refractivity contribution in [1.82, 2.24) is 15.1 Å². The van der Waals surface area contributed by atoms with Crippen LogP contribution in [-0.2, 0) is 4.79 Å². The topological polar surface area (TPSA) is 52.7 Å². The van der Waals surface area contributed by atoms with Crippen LogP contribution in [0.3, 0.4) is 0 Å². The maximum Gasteiger partial charge on any atom is 0.317 e. The van der Waals surface area contributed by atoms with Gasteiger partial charge in [0.1, 0.15) is 0 Å². The van der Waals surface area contributed by atoms with Crippen LogP contribution >= 0.6 is 11.8 Å². The van der Waals surface area contributed by atoms with E-state index in [2.05, 4.69) is 11.6 Å². The summed E-state index contributed by atoms with van der Waals surface area (Å²) in [5.74, 6) is 0.587. The number of hydrogen-bond donors (Lipinski definition) is 1. The molecule has 0 radical (unpaired) electrons. The first-order valence-electron chi connectivity index (χ1n) is 9.04. The van der Waals surface area contributed by atoms with Crippen molar-refractivity contribution in [3.05, 3.63) is 0 Å². The second-order valence-corrected chi connectivity index (χ2v) is 8.25. The molecule has 1 N–H and O–H groups in total. The van der Waals surface area contributed by atoms with E-state index in [1.807, 2.05) is 21.6 Å². The van der Waals surface area contributed by atoms with Crippen molar-refractivity contribution < 1.29 is 9.59 Å². The summed E-state index contributed by atoms with van der Waals surface area (Å²) < 4.78 is 0. The molecule has 0 aromatic rings. The highest BCUT2D eigenvalue weighted by atomic mass is 32.2. The molecule has 130 valence electrons. The molecule has 2 unspecified atom stereocenters. The predicted molar refractivity (Wildman–Crippen MR) is 93.6 cm³/mol. The van der Waals surface area contributed by atoms with E-state index in [0.717, 1.165) is 45.2 Å². The first-order valence-corrected chi connectivity index (χ1v) is 10.3. The summed E-state index contributed by atoms with van der Waals surface area (Å²) in [7, 11) is 0. The molecule has 23 heavy (non-hydrogen) atoms. The molecule has 3 rings (SSSR count). The molecule has 3 aliphatic rings. The molecule has 0 aromatic carbocycles. The van der Waals surface area contributed by atoms with Crippen molar-refractivity contribution in [2.75, 3.05) is 32.4 Å². The highest BCUT2D eigenvalue weighted by molar-refractivity contribution is 7.99. The van der Waals surface area contributed by atoms with Crippen molar-refractivity contribution in [3.63, 3.8) is 0 Å². The Hall–Kier alpha value is -0.910. The van der Waals surface area contributed by atoms with Crippen LogP contribution in [0.5, 0.6) is 0 Å². The summed E-state index contributed by atoms with van der Waals surface area (Å²) in [5.41, 5.74) is 0. The van der Waals surface area contributed by atoms with Crippen LogP contribution in [0.25, 0.3) is 0 Å². The Labute approximate surface area is 143 Å². The number of amides is 3. The second kappa shape index (κ2) is 7.77. The molecule has 3 fully saturated rings. The molecule has 5 nitrogen and oxygen atoms in total. The van der Waals surface area contributed by atoms with Crippen LogP contribution < -0.4 is 5.32 Å². The van der Waals surface area contributed by atoms with Crippen LogP contribution in [0.1, 0.15) is 44.9 Å². The Balaban J connectivity index is 1.46. The molecule has 2 atom stereocenters. The van der Waals surface area contributed by atoms with Gasteiger partial charge in [0.2, 0.25) is 5.91 Å². The van der Waals surface area contributed by atoms with Crippen molar-refractivity contribution in [1.29, 1.82) is 0 Å².